The number of amides is 1. The van der Waals surface area contributed by atoms with Crippen molar-refractivity contribution in [3.05, 3.63) is 88.8 Å². The lowest BCUT2D eigenvalue weighted by Gasteiger charge is -2.19. The highest BCUT2D eigenvalue weighted by atomic mass is 35.5. The number of halogens is 1. The molecule has 164 valence electrons. The average Bonchev–Trinajstić information content (AvgIpc) is 3.22. The van der Waals surface area contributed by atoms with Crippen LogP contribution in [0.15, 0.2) is 67.0 Å². The molecule has 0 aliphatic rings. The second-order valence-electron chi connectivity index (χ2n) is 7.33. The van der Waals surface area contributed by atoms with Crippen LogP contribution in [0.5, 0.6) is 0 Å². The number of hydrogen-bond donors (Lipinski definition) is 2. The monoisotopic (exact) mass is 467 g/mol. The van der Waals surface area contributed by atoms with Gasteiger partial charge < -0.3 is 14.8 Å². The van der Waals surface area contributed by atoms with Crippen molar-refractivity contribution in [2.75, 3.05) is 7.11 Å². The summed E-state index contributed by atoms with van der Waals surface area (Å²) in [6, 6.07) is 16.3. The molecule has 4 aromatic rings. The third kappa shape index (κ3) is 4.22. The summed E-state index contributed by atoms with van der Waals surface area (Å²) in [4.78, 5) is 20.4. The molecule has 0 radical (unpaired) electrons. The number of aromatic amines is 1. The number of aryl methyl sites for hydroxylation is 1. The third-order valence-electron chi connectivity index (χ3n) is 5.37. The van der Waals surface area contributed by atoms with Gasteiger partial charge in [-0.05, 0) is 60.0 Å². The minimum Gasteiger partial charge on any atom is -0.350 e. The summed E-state index contributed by atoms with van der Waals surface area (Å²) < 4.78 is 20.0. The maximum atomic E-state index is 14.4. The van der Waals surface area contributed by atoms with Crippen molar-refractivity contribution in [2.45, 2.75) is 19.9 Å². The molecule has 32 heavy (non-hydrogen) atoms. The number of nitrogens with one attached hydrogen (secondary N) is 2. The molecule has 0 aliphatic carbocycles. The van der Waals surface area contributed by atoms with E-state index >= 15 is 0 Å². The summed E-state index contributed by atoms with van der Waals surface area (Å²) in [5.41, 5.74) is 2.78. The second kappa shape index (κ2) is 9.29. The Hall–Kier alpha value is -2.92. The van der Waals surface area contributed by atoms with Crippen LogP contribution in [0.25, 0.3) is 10.9 Å². The number of rotatable bonds is 7. The number of carbonyl (C=O) groups is 1. The molecule has 1 atom stereocenters. The highest BCUT2D eigenvalue weighted by molar-refractivity contribution is 7.75. The molecule has 4 rings (SSSR count). The minimum atomic E-state index is -3.61. The second-order valence-corrected chi connectivity index (χ2v) is 10.2. The first-order valence-electron chi connectivity index (χ1n) is 10.2. The lowest BCUT2D eigenvalue weighted by Crippen LogP contribution is -2.30. The van der Waals surface area contributed by atoms with E-state index in [9.17, 15) is 9.36 Å². The molecule has 0 saturated heterocycles. The number of nitrogens with zero attached hydrogens (tertiary/aromatic N) is 1. The molecule has 2 aromatic carbocycles. The molecular weight excluding hydrogens is 445 g/mol. The van der Waals surface area contributed by atoms with Crippen molar-refractivity contribution >= 4 is 46.4 Å². The molecular formula is C24H23ClN3O3P. The van der Waals surface area contributed by atoms with E-state index in [1.54, 1.807) is 36.7 Å². The smallest absolute Gasteiger partial charge is 0.268 e. The topological polar surface area (TPSA) is 84.1 Å². The van der Waals surface area contributed by atoms with Crippen LogP contribution in [0.2, 0.25) is 5.02 Å². The van der Waals surface area contributed by atoms with Crippen LogP contribution in [-0.2, 0) is 22.1 Å². The molecule has 8 heteroatoms. The van der Waals surface area contributed by atoms with Crippen LogP contribution in [0.1, 0.15) is 28.5 Å². The van der Waals surface area contributed by atoms with Gasteiger partial charge in [0.2, 0.25) is 0 Å². The molecule has 2 aromatic heterocycles. The Bertz CT molecular complexity index is 1320. The Kier molecular flexibility index (Phi) is 6.47. The van der Waals surface area contributed by atoms with E-state index < -0.39 is 7.37 Å². The molecule has 2 heterocycles. The maximum absolute atomic E-state index is 14.4. The van der Waals surface area contributed by atoms with Gasteiger partial charge in [0, 0.05) is 47.3 Å². The Morgan fingerprint density at radius 3 is 2.62 bits per heavy atom. The highest BCUT2D eigenvalue weighted by Gasteiger charge is 2.36. The Morgan fingerprint density at radius 2 is 1.91 bits per heavy atom. The van der Waals surface area contributed by atoms with Gasteiger partial charge in [0.1, 0.15) is 5.69 Å². The van der Waals surface area contributed by atoms with Gasteiger partial charge in [-0.15, -0.1) is 0 Å². The summed E-state index contributed by atoms with van der Waals surface area (Å²) in [6.45, 7) is 2.33. The first kappa shape index (κ1) is 22.3. The first-order chi connectivity index (χ1) is 15.5. The molecule has 0 fully saturated rings. The van der Waals surface area contributed by atoms with E-state index in [-0.39, 0.29) is 11.6 Å². The summed E-state index contributed by atoms with van der Waals surface area (Å²) in [7, 11) is -2.21. The van der Waals surface area contributed by atoms with Crippen LogP contribution in [0, 0.1) is 0 Å². The van der Waals surface area contributed by atoms with Crippen molar-refractivity contribution < 1.29 is 13.9 Å². The van der Waals surface area contributed by atoms with Crippen molar-refractivity contribution in [3.63, 3.8) is 0 Å². The minimum absolute atomic E-state index is 0.198. The van der Waals surface area contributed by atoms with Gasteiger partial charge in [0.05, 0.1) is 5.30 Å². The number of aromatic nitrogens is 2. The fraction of sp³-hybridized carbons (Fsp3) is 0.167. The summed E-state index contributed by atoms with van der Waals surface area (Å²) in [6.07, 6.45) is 4.12. The van der Waals surface area contributed by atoms with Gasteiger partial charge in [0.15, 0.2) is 0 Å². The number of pyridine rings is 1. The third-order valence-corrected chi connectivity index (χ3v) is 8.13. The molecule has 0 saturated carbocycles. The lowest BCUT2D eigenvalue weighted by atomic mass is 10.2. The predicted molar refractivity (Wildman–Crippen MR) is 128 cm³/mol. The molecule has 2 N–H and O–H groups in total. The number of H-pyrrole nitrogens is 1. The predicted octanol–water partition coefficient (Wildman–Crippen LogP) is 4.58. The van der Waals surface area contributed by atoms with Gasteiger partial charge in [-0.25, -0.2) is 0 Å². The molecule has 0 spiro atoms. The van der Waals surface area contributed by atoms with E-state index in [0.29, 0.717) is 33.1 Å². The number of hydrogen-bond acceptors (Lipinski definition) is 4. The normalized spacial score (nSPS) is 13.1. The Balaban J connectivity index is 1.85. The summed E-state index contributed by atoms with van der Waals surface area (Å²) in [5.74, 6) is -0.381. The fourth-order valence-corrected chi connectivity index (χ4v) is 6.07. The standard InChI is InChI=1S/C24H23ClN3O3P/c1-3-16-5-4-6-19(13-16)32(30,31-2)23-20-14-18(25)7-8-21(20)28-22(23)24(29)27-15-17-9-11-26-12-10-17/h4-14,28H,3,15H2,1-2H3,(H,27,29). The highest BCUT2D eigenvalue weighted by Crippen LogP contribution is 2.47. The van der Waals surface area contributed by atoms with E-state index in [1.807, 2.05) is 37.3 Å². The van der Waals surface area contributed by atoms with Crippen molar-refractivity contribution in [2.24, 2.45) is 0 Å². The van der Waals surface area contributed by atoms with Crippen LogP contribution in [0.3, 0.4) is 0 Å². The van der Waals surface area contributed by atoms with E-state index in [1.165, 1.54) is 7.11 Å². The maximum Gasteiger partial charge on any atom is 0.268 e. The number of carbonyl (C=O) groups excluding carboxylic acids is 1. The van der Waals surface area contributed by atoms with Crippen molar-refractivity contribution in [3.8, 4) is 0 Å². The van der Waals surface area contributed by atoms with Crippen LogP contribution in [-0.4, -0.2) is 23.0 Å². The van der Waals surface area contributed by atoms with Gasteiger partial charge in [-0.2, -0.15) is 0 Å². The van der Waals surface area contributed by atoms with E-state index in [2.05, 4.69) is 15.3 Å². The van der Waals surface area contributed by atoms with Crippen molar-refractivity contribution in [1.29, 1.82) is 0 Å². The molecule has 6 nitrogen and oxygen atoms in total. The van der Waals surface area contributed by atoms with Crippen LogP contribution in [0.4, 0.5) is 0 Å². The molecule has 0 bridgehead atoms. The van der Waals surface area contributed by atoms with Crippen LogP contribution >= 0.6 is 19.0 Å². The summed E-state index contributed by atoms with van der Waals surface area (Å²) in [5, 5.41) is 4.82. The van der Waals surface area contributed by atoms with Gasteiger partial charge in [0.25, 0.3) is 13.3 Å². The first-order valence-corrected chi connectivity index (χ1v) is 12.2. The zero-order chi connectivity index (χ0) is 22.7. The lowest BCUT2D eigenvalue weighted by molar-refractivity contribution is 0.0947. The number of benzene rings is 2. The van der Waals surface area contributed by atoms with Crippen LogP contribution < -0.4 is 15.9 Å². The largest absolute Gasteiger partial charge is 0.350 e. The Labute approximate surface area is 191 Å². The van der Waals surface area contributed by atoms with E-state index in [4.69, 9.17) is 16.1 Å². The van der Waals surface area contributed by atoms with E-state index in [0.717, 1.165) is 17.5 Å². The fourth-order valence-electron chi connectivity index (χ4n) is 3.68. The molecule has 0 aliphatic heterocycles. The average molecular weight is 468 g/mol. The zero-order valence-corrected chi connectivity index (χ0v) is 19.4. The number of fused-ring (bicyclic) bond motifs is 1. The summed E-state index contributed by atoms with van der Waals surface area (Å²) >= 11 is 6.26. The van der Waals surface area contributed by atoms with Gasteiger partial charge in [-0.1, -0.05) is 30.7 Å². The molecule has 1 unspecified atom stereocenters. The van der Waals surface area contributed by atoms with Gasteiger partial charge in [-0.3, -0.25) is 14.3 Å². The molecule has 1 amide bonds. The Morgan fingerprint density at radius 1 is 1.12 bits per heavy atom. The van der Waals surface area contributed by atoms with Crippen molar-refractivity contribution in [1.82, 2.24) is 15.3 Å². The van der Waals surface area contributed by atoms with Gasteiger partial charge >= 0.3 is 0 Å². The zero-order valence-electron chi connectivity index (χ0n) is 17.8. The SMILES string of the molecule is CCc1cccc(P(=O)(OC)c2c(C(=O)NCc3ccncc3)[nH]c3ccc(Cl)cc23)c1. The quantitative estimate of drug-likeness (QED) is 0.389.